The predicted molar refractivity (Wildman–Crippen MR) is 120 cm³/mol. The summed E-state index contributed by atoms with van der Waals surface area (Å²) in [5, 5.41) is 0. The van der Waals surface area contributed by atoms with E-state index in [0.29, 0.717) is 13.4 Å². The standard InChI is InChI=1S/C20H7Br3F4O7S/c21-7-5-10(22)16(11(23)6-7)33-19(28)8-3-1-2-4-9(8)20(29)34-17-12(24)14(26)18(35(30,31)32)15(27)13(17)25/h1-6H,(H,30,31,32)/p-1. The van der Waals surface area contributed by atoms with Gasteiger partial charge in [-0.05, 0) is 56.1 Å². The molecule has 0 heterocycles. The number of carbonyl (C=O) groups excluding carboxylic acids is 2. The summed E-state index contributed by atoms with van der Waals surface area (Å²) >= 11 is 9.61. The van der Waals surface area contributed by atoms with Crippen LogP contribution in [-0.4, -0.2) is 24.9 Å². The highest BCUT2D eigenvalue weighted by Crippen LogP contribution is 2.37. The highest BCUT2D eigenvalue weighted by Gasteiger charge is 2.32. The fourth-order valence-electron chi connectivity index (χ4n) is 2.66. The summed E-state index contributed by atoms with van der Waals surface area (Å²) in [5.74, 6) is -14.8. The number of benzene rings is 3. The summed E-state index contributed by atoms with van der Waals surface area (Å²) in [7, 11) is -5.96. The largest absolute Gasteiger partial charge is 0.744 e. The number of halogens is 7. The third-order valence-corrected chi connectivity index (χ3v) is 6.65. The van der Waals surface area contributed by atoms with Gasteiger partial charge in [0.15, 0.2) is 17.4 Å². The van der Waals surface area contributed by atoms with Crippen LogP contribution in [-0.2, 0) is 10.1 Å². The Hall–Kier alpha value is -2.33. The van der Waals surface area contributed by atoms with Gasteiger partial charge in [-0.25, -0.2) is 26.8 Å². The SMILES string of the molecule is O=C(Oc1c(Br)cc(Br)cc1Br)c1ccccc1C(=O)Oc1c(F)c(F)c(S(=O)(=O)[O-])c(F)c1F. The Labute approximate surface area is 219 Å². The lowest BCUT2D eigenvalue weighted by Gasteiger charge is -2.15. The number of hydrogen-bond acceptors (Lipinski definition) is 7. The van der Waals surface area contributed by atoms with Gasteiger partial charge in [0, 0.05) is 4.47 Å². The smallest absolute Gasteiger partial charge is 0.344 e. The molecular weight excluding hydrogens is 700 g/mol. The fourth-order valence-corrected chi connectivity index (χ4v) is 5.70. The van der Waals surface area contributed by atoms with Crippen molar-refractivity contribution in [2.24, 2.45) is 0 Å². The molecule has 0 aliphatic rings. The highest BCUT2D eigenvalue weighted by atomic mass is 79.9. The first-order valence-corrected chi connectivity index (χ1v) is 12.5. The number of ether oxygens (including phenoxy) is 2. The van der Waals surface area contributed by atoms with E-state index in [9.17, 15) is 40.1 Å². The van der Waals surface area contributed by atoms with Crippen molar-refractivity contribution in [2.45, 2.75) is 4.90 Å². The number of rotatable bonds is 5. The van der Waals surface area contributed by atoms with E-state index in [1.165, 1.54) is 12.1 Å². The minimum atomic E-state index is -5.96. The number of hydrogen-bond donors (Lipinski definition) is 0. The Morgan fingerprint density at radius 3 is 1.54 bits per heavy atom. The van der Waals surface area contributed by atoms with Crippen LogP contribution in [0.25, 0.3) is 0 Å². The molecule has 3 aromatic rings. The molecule has 0 radical (unpaired) electrons. The van der Waals surface area contributed by atoms with E-state index in [-0.39, 0.29) is 5.75 Å². The number of esters is 2. The molecule has 15 heteroatoms. The third kappa shape index (κ3) is 5.58. The second kappa shape index (κ2) is 10.3. The van der Waals surface area contributed by atoms with Gasteiger partial charge in [-0.1, -0.05) is 28.1 Å². The lowest BCUT2D eigenvalue weighted by Crippen LogP contribution is -2.20. The average Bonchev–Trinajstić information content (AvgIpc) is 2.76. The Balaban J connectivity index is 2.00. The van der Waals surface area contributed by atoms with Gasteiger partial charge < -0.3 is 14.0 Å². The van der Waals surface area contributed by atoms with Crippen molar-refractivity contribution in [3.8, 4) is 11.5 Å². The van der Waals surface area contributed by atoms with Crippen molar-refractivity contribution in [1.82, 2.24) is 0 Å². The van der Waals surface area contributed by atoms with Crippen LogP contribution in [0.2, 0.25) is 0 Å². The summed E-state index contributed by atoms with van der Waals surface area (Å²) in [6, 6.07) is 7.74. The van der Waals surface area contributed by atoms with E-state index in [1.54, 1.807) is 12.1 Å². The van der Waals surface area contributed by atoms with Crippen LogP contribution in [0, 0.1) is 23.3 Å². The maximum Gasteiger partial charge on any atom is 0.344 e. The first-order chi connectivity index (χ1) is 16.2. The van der Waals surface area contributed by atoms with Crippen LogP contribution in [0.4, 0.5) is 17.6 Å². The van der Waals surface area contributed by atoms with Crippen molar-refractivity contribution in [3.63, 3.8) is 0 Å². The predicted octanol–water partition coefficient (Wildman–Crippen LogP) is 5.87. The van der Waals surface area contributed by atoms with Gasteiger partial charge in [0.25, 0.3) is 0 Å². The normalized spacial score (nSPS) is 11.3. The molecule has 0 saturated heterocycles. The third-order valence-electron chi connectivity index (χ3n) is 4.15. The van der Waals surface area contributed by atoms with Gasteiger partial charge in [-0.15, -0.1) is 0 Å². The van der Waals surface area contributed by atoms with Crippen molar-refractivity contribution in [2.75, 3.05) is 0 Å². The monoisotopic (exact) mass is 703 g/mol. The average molecular weight is 706 g/mol. The lowest BCUT2D eigenvalue weighted by molar-refractivity contribution is 0.0681. The fraction of sp³-hybridized carbons (Fsp3) is 0. The zero-order valence-corrected chi connectivity index (χ0v) is 22.0. The highest BCUT2D eigenvalue weighted by molar-refractivity contribution is 9.11. The molecule has 0 aromatic heterocycles. The maximum atomic E-state index is 14.2. The van der Waals surface area contributed by atoms with Crippen LogP contribution in [0.15, 0.2) is 54.7 Å². The van der Waals surface area contributed by atoms with Crippen LogP contribution < -0.4 is 9.47 Å². The molecule has 7 nitrogen and oxygen atoms in total. The topological polar surface area (TPSA) is 110 Å². The summed E-state index contributed by atoms with van der Waals surface area (Å²) < 4.78 is 100. The molecule has 0 fully saturated rings. The summed E-state index contributed by atoms with van der Waals surface area (Å²) in [4.78, 5) is 22.9. The zero-order valence-electron chi connectivity index (χ0n) is 16.4. The van der Waals surface area contributed by atoms with Crippen LogP contribution in [0.1, 0.15) is 20.7 Å². The van der Waals surface area contributed by atoms with E-state index in [1.807, 2.05) is 0 Å². The molecule has 0 saturated carbocycles. The molecular formula is C20H6Br3F4O7S-. The van der Waals surface area contributed by atoms with Crippen molar-refractivity contribution < 1.29 is 49.6 Å². The molecule has 0 bridgehead atoms. The van der Waals surface area contributed by atoms with E-state index in [2.05, 4.69) is 52.5 Å². The summed E-state index contributed by atoms with van der Waals surface area (Å²) in [6.07, 6.45) is 0. The molecule has 184 valence electrons. The lowest BCUT2D eigenvalue weighted by atomic mass is 10.1. The van der Waals surface area contributed by atoms with Gasteiger partial charge in [0.05, 0.1) is 20.1 Å². The molecule has 3 aromatic carbocycles. The Kier molecular flexibility index (Phi) is 8.06. The van der Waals surface area contributed by atoms with Crippen LogP contribution >= 0.6 is 47.8 Å². The Bertz CT molecular complexity index is 1440. The number of carbonyl (C=O) groups is 2. The van der Waals surface area contributed by atoms with E-state index >= 15 is 0 Å². The Morgan fingerprint density at radius 2 is 1.14 bits per heavy atom. The molecule has 0 unspecified atom stereocenters. The quantitative estimate of drug-likeness (QED) is 0.107. The summed E-state index contributed by atoms with van der Waals surface area (Å²) in [6.45, 7) is 0. The summed E-state index contributed by atoms with van der Waals surface area (Å²) in [5.41, 5.74) is -1.08. The zero-order chi connectivity index (χ0) is 26.2. The van der Waals surface area contributed by atoms with E-state index < -0.39 is 67.1 Å². The van der Waals surface area contributed by atoms with Gasteiger partial charge in [0.2, 0.25) is 17.4 Å². The van der Waals surface area contributed by atoms with Gasteiger partial charge in [0.1, 0.15) is 15.0 Å². The van der Waals surface area contributed by atoms with Crippen molar-refractivity contribution in [1.29, 1.82) is 0 Å². The molecule has 3 rings (SSSR count). The first-order valence-electron chi connectivity index (χ1n) is 8.73. The van der Waals surface area contributed by atoms with Gasteiger partial charge >= 0.3 is 11.9 Å². The van der Waals surface area contributed by atoms with E-state index in [0.717, 1.165) is 12.1 Å². The first kappa shape index (κ1) is 27.3. The molecule has 0 aliphatic heterocycles. The van der Waals surface area contributed by atoms with Crippen LogP contribution in [0.3, 0.4) is 0 Å². The molecule has 0 N–H and O–H groups in total. The Morgan fingerprint density at radius 1 is 0.743 bits per heavy atom. The maximum absolute atomic E-state index is 14.2. The molecule has 0 amide bonds. The molecule has 0 atom stereocenters. The molecule has 35 heavy (non-hydrogen) atoms. The molecule has 0 spiro atoms. The van der Waals surface area contributed by atoms with E-state index in [4.69, 9.17) is 4.74 Å². The molecule has 0 aliphatic carbocycles. The van der Waals surface area contributed by atoms with Gasteiger partial charge in [-0.2, -0.15) is 8.78 Å². The van der Waals surface area contributed by atoms with Gasteiger partial charge in [-0.3, -0.25) is 0 Å². The minimum absolute atomic E-state index is 0.0111. The second-order valence-electron chi connectivity index (χ2n) is 6.39. The van der Waals surface area contributed by atoms with Crippen molar-refractivity contribution >= 4 is 69.8 Å². The second-order valence-corrected chi connectivity index (χ2v) is 10.3. The van der Waals surface area contributed by atoms with Crippen molar-refractivity contribution in [3.05, 3.63) is 84.2 Å². The van der Waals surface area contributed by atoms with Crippen LogP contribution in [0.5, 0.6) is 11.5 Å². The minimum Gasteiger partial charge on any atom is -0.744 e.